The van der Waals surface area contributed by atoms with Crippen molar-refractivity contribution >= 4 is 35.3 Å². The quantitative estimate of drug-likeness (QED) is 0.180. The molecule has 11 heteroatoms. The number of ether oxygens (including phenoxy) is 2. The molecule has 0 amide bonds. The maximum atomic E-state index is 12.9. The van der Waals surface area contributed by atoms with Gasteiger partial charge in [-0.25, -0.2) is 14.6 Å². The van der Waals surface area contributed by atoms with Gasteiger partial charge in [0.25, 0.3) is 0 Å². The Labute approximate surface area is 238 Å². The van der Waals surface area contributed by atoms with Crippen LogP contribution >= 0.6 is 0 Å². The first-order valence-corrected chi connectivity index (χ1v) is 13.6. The third-order valence-electron chi connectivity index (χ3n) is 6.98. The van der Waals surface area contributed by atoms with Crippen molar-refractivity contribution in [2.45, 2.75) is 82.8 Å². The van der Waals surface area contributed by atoms with Gasteiger partial charge in [0.1, 0.15) is 11.4 Å². The zero-order valence-electron chi connectivity index (χ0n) is 23.5. The molecular weight excluding hydrogens is 528 g/mol. The average molecular weight is 565 g/mol. The zero-order chi connectivity index (χ0) is 29.8. The van der Waals surface area contributed by atoms with Crippen molar-refractivity contribution < 1.29 is 33.8 Å². The first-order valence-electron chi connectivity index (χ1n) is 13.6. The van der Waals surface area contributed by atoms with E-state index in [1.54, 1.807) is 57.2 Å². The number of oxime groups is 1. The van der Waals surface area contributed by atoms with E-state index in [1.807, 2.05) is 6.07 Å². The molecule has 4 rings (SSSR count). The number of esters is 2. The summed E-state index contributed by atoms with van der Waals surface area (Å²) in [5.41, 5.74) is 10.9. The van der Waals surface area contributed by atoms with E-state index in [-0.39, 0.29) is 24.0 Å². The fraction of sp³-hybridized carbons (Fsp3) is 0.433. The molecule has 5 N–H and O–H groups in total. The number of carboxylic acid groups (broad SMARTS) is 1. The number of aliphatic carboxylic acids is 1. The maximum Gasteiger partial charge on any atom is 0.351 e. The van der Waals surface area contributed by atoms with Crippen molar-refractivity contribution in [2.75, 3.05) is 0 Å². The molecule has 2 aromatic rings. The average Bonchev–Trinajstić information content (AvgIpc) is 3.33. The second kappa shape index (κ2) is 12.0. The van der Waals surface area contributed by atoms with Crippen molar-refractivity contribution in [3.63, 3.8) is 0 Å². The highest BCUT2D eigenvalue weighted by Crippen LogP contribution is 2.39. The van der Waals surface area contributed by atoms with Crippen LogP contribution in [0.5, 0.6) is 5.75 Å². The van der Waals surface area contributed by atoms with Crippen LogP contribution in [0.4, 0.5) is 5.69 Å². The molecule has 0 aromatic heterocycles. The summed E-state index contributed by atoms with van der Waals surface area (Å²) in [6, 6.07) is 11.6. The van der Waals surface area contributed by atoms with Gasteiger partial charge in [0, 0.05) is 12.0 Å². The molecular formula is C30H36N4O7. The Kier molecular flexibility index (Phi) is 8.65. The van der Waals surface area contributed by atoms with Crippen LogP contribution in [0.1, 0.15) is 93.1 Å². The lowest BCUT2D eigenvalue weighted by atomic mass is 9.80. The number of hydrogen-bond donors (Lipinski definition) is 3. The molecule has 41 heavy (non-hydrogen) atoms. The highest BCUT2D eigenvalue weighted by molar-refractivity contribution is 6.07. The molecule has 1 saturated carbocycles. The third kappa shape index (κ3) is 7.41. The zero-order valence-corrected chi connectivity index (χ0v) is 23.5. The molecule has 1 fully saturated rings. The number of carbonyl (C=O) groups excluding carboxylic acids is 2. The third-order valence-corrected chi connectivity index (χ3v) is 6.98. The first-order chi connectivity index (χ1) is 19.3. The molecule has 1 aliphatic heterocycles. The van der Waals surface area contributed by atoms with Gasteiger partial charge in [-0.3, -0.25) is 4.79 Å². The second-order valence-electron chi connectivity index (χ2n) is 11.4. The van der Waals surface area contributed by atoms with E-state index in [0.29, 0.717) is 22.5 Å². The Morgan fingerprint density at radius 2 is 1.76 bits per heavy atom. The van der Waals surface area contributed by atoms with Crippen LogP contribution < -0.4 is 16.2 Å². The van der Waals surface area contributed by atoms with E-state index in [4.69, 9.17) is 25.8 Å². The molecule has 11 nitrogen and oxygen atoms in total. The number of carbonyl (C=O) groups is 3. The van der Waals surface area contributed by atoms with E-state index >= 15 is 0 Å². The molecule has 2 aromatic carbocycles. The van der Waals surface area contributed by atoms with Crippen molar-refractivity contribution in [2.24, 2.45) is 21.6 Å². The summed E-state index contributed by atoms with van der Waals surface area (Å²) in [6.45, 7) is 5.12. The lowest BCUT2D eigenvalue weighted by molar-refractivity contribution is -0.175. The molecule has 1 aliphatic carbocycles. The van der Waals surface area contributed by atoms with Gasteiger partial charge in [-0.2, -0.15) is 0 Å². The Balaban J connectivity index is 1.61. The second-order valence-corrected chi connectivity index (χ2v) is 11.4. The van der Waals surface area contributed by atoms with Crippen LogP contribution in [0, 0.1) is 0 Å². The Hall–Kier alpha value is -4.41. The lowest BCUT2D eigenvalue weighted by Crippen LogP contribution is -2.42. The predicted molar refractivity (Wildman–Crippen MR) is 152 cm³/mol. The predicted octanol–water partition coefficient (Wildman–Crippen LogP) is 4.54. The number of aliphatic imine (C=N–C) groups is 1. The summed E-state index contributed by atoms with van der Waals surface area (Å²) in [5, 5.41) is 14.2. The van der Waals surface area contributed by atoms with E-state index in [0.717, 1.165) is 37.7 Å². The molecule has 0 spiro atoms. The molecule has 1 heterocycles. The van der Waals surface area contributed by atoms with Crippen LogP contribution in [0.3, 0.4) is 0 Å². The van der Waals surface area contributed by atoms with Crippen LogP contribution in [-0.4, -0.2) is 45.9 Å². The van der Waals surface area contributed by atoms with Gasteiger partial charge in [0.15, 0.2) is 5.96 Å². The van der Waals surface area contributed by atoms with E-state index < -0.39 is 35.5 Å². The molecule has 0 bridgehead atoms. The molecule has 0 radical (unpaired) electrons. The standard InChI is InChI=1S/C30H36N4O7/c1-29(2,3)40-25(35)17-30(27(37)38)16-24(34-41-30)23-15-21(13-14-22(23)18-7-5-4-6-8-18)39-26(36)19-9-11-20(12-10-19)33-28(31)32/h9-15,18H,4-8,16-17H2,1-3H3,(H,37,38)(H4,31,32,33). The van der Waals surface area contributed by atoms with Gasteiger partial charge in [0.2, 0.25) is 5.60 Å². The lowest BCUT2D eigenvalue weighted by Gasteiger charge is -2.26. The van der Waals surface area contributed by atoms with Gasteiger partial charge in [-0.15, -0.1) is 0 Å². The minimum Gasteiger partial charge on any atom is -0.478 e. The molecule has 0 saturated heterocycles. The van der Waals surface area contributed by atoms with Crippen molar-refractivity contribution in [3.8, 4) is 5.75 Å². The van der Waals surface area contributed by atoms with Gasteiger partial charge in [-0.1, -0.05) is 30.5 Å². The number of nitrogens with two attached hydrogens (primary N) is 2. The summed E-state index contributed by atoms with van der Waals surface area (Å²) >= 11 is 0. The monoisotopic (exact) mass is 564 g/mol. The van der Waals surface area contributed by atoms with Crippen LogP contribution in [0.25, 0.3) is 0 Å². The molecule has 218 valence electrons. The summed E-state index contributed by atoms with van der Waals surface area (Å²) in [4.78, 5) is 47.2. The summed E-state index contributed by atoms with van der Waals surface area (Å²) in [6.07, 6.45) is 4.62. The normalized spacial score (nSPS) is 19.0. The minimum atomic E-state index is -1.90. The van der Waals surface area contributed by atoms with Crippen LogP contribution in [0.2, 0.25) is 0 Å². The Morgan fingerprint density at radius 1 is 1.07 bits per heavy atom. The van der Waals surface area contributed by atoms with Gasteiger partial charge < -0.3 is 30.9 Å². The number of hydrogen-bond acceptors (Lipinski definition) is 8. The van der Waals surface area contributed by atoms with Crippen molar-refractivity contribution in [1.82, 2.24) is 0 Å². The number of carboxylic acids is 1. The van der Waals surface area contributed by atoms with E-state index in [1.165, 1.54) is 0 Å². The minimum absolute atomic E-state index is 0.0947. The van der Waals surface area contributed by atoms with Gasteiger partial charge >= 0.3 is 17.9 Å². The topological polar surface area (TPSA) is 176 Å². The van der Waals surface area contributed by atoms with E-state index in [2.05, 4.69) is 10.1 Å². The summed E-state index contributed by atoms with van der Waals surface area (Å²) < 4.78 is 11.0. The van der Waals surface area contributed by atoms with Crippen molar-refractivity contribution in [3.05, 3.63) is 59.2 Å². The highest BCUT2D eigenvalue weighted by Gasteiger charge is 2.50. The smallest absolute Gasteiger partial charge is 0.351 e. The van der Waals surface area contributed by atoms with E-state index in [9.17, 15) is 19.5 Å². The fourth-order valence-electron chi connectivity index (χ4n) is 5.12. The Bertz CT molecular complexity index is 1370. The highest BCUT2D eigenvalue weighted by atomic mass is 16.7. The van der Waals surface area contributed by atoms with Crippen molar-refractivity contribution in [1.29, 1.82) is 0 Å². The fourth-order valence-corrected chi connectivity index (χ4v) is 5.12. The molecule has 1 atom stereocenters. The number of nitrogens with zero attached hydrogens (tertiary/aromatic N) is 2. The number of benzene rings is 2. The summed E-state index contributed by atoms with van der Waals surface area (Å²) in [7, 11) is 0. The molecule has 1 unspecified atom stereocenters. The van der Waals surface area contributed by atoms with Gasteiger partial charge in [-0.05, 0) is 81.5 Å². The number of guanidine groups is 1. The summed E-state index contributed by atoms with van der Waals surface area (Å²) in [5.74, 6) is -2.19. The Morgan fingerprint density at radius 3 is 2.37 bits per heavy atom. The van der Waals surface area contributed by atoms with Gasteiger partial charge in [0.05, 0.1) is 23.4 Å². The molecule has 2 aliphatic rings. The van der Waals surface area contributed by atoms with Crippen LogP contribution in [0.15, 0.2) is 52.6 Å². The maximum absolute atomic E-state index is 12.9. The first kappa shape index (κ1) is 29.6. The number of rotatable bonds is 8. The largest absolute Gasteiger partial charge is 0.478 e. The van der Waals surface area contributed by atoms with Crippen LogP contribution in [-0.2, 0) is 19.2 Å². The SMILES string of the molecule is CC(C)(C)OC(=O)CC1(C(=O)O)CC(c2cc(OC(=O)c3ccc(N=C(N)N)cc3)ccc2C2CCCCC2)=NO1.